The highest BCUT2D eigenvalue weighted by molar-refractivity contribution is 7.14. The van der Waals surface area contributed by atoms with E-state index in [1.807, 2.05) is 26.0 Å². The summed E-state index contributed by atoms with van der Waals surface area (Å²) in [5.41, 5.74) is 3.54. The molecule has 0 bridgehead atoms. The van der Waals surface area contributed by atoms with E-state index >= 15 is 0 Å². The number of aryl methyl sites for hydroxylation is 4. The van der Waals surface area contributed by atoms with E-state index in [0.29, 0.717) is 26.8 Å². The van der Waals surface area contributed by atoms with Gasteiger partial charge in [-0.05, 0) is 68.7 Å². The SMILES string of the molecule is Cc1nc(C)c(C(=O)C2=C(O)C(=O)N(c3ccc(C)c(C)c3)C2c2ccc(O)c(Cl)c2)s1. The Morgan fingerprint density at radius 3 is 2.38 bits per heavy atom. The van der Waals surface area contributed by atoms with Crippen molar-refractivity contribution < 1.29 is 19.8 Å². The van der Waals surface area contributed by atoms with Gasteiger partial charge in [0.2, 0.25) is 5.78 Å². The number of phenolic OH excluding ortho intramolecular Hbond substituents is 1. The Morgan fingerprint density at radius 2 is 1.78 bits per heavy atom. The van der Waals surface area contributed by atoms with Crippen LogP contribution >= 0.6 is 22.9 Å². The number of phenols is 1. The number of hydrogen-bond donors (Lipinski definition) is 2. The number of amides is 1. The van der Waals surface area contributed by atoms with Crippen LogP contribution in [0.2, 0.25) is 5.02 Å². The average Bonchev–Trinajstić information content (AvgIpc) is 3.21. The zero-order chi connectivity index (χ0) is 23.3. The van der Waals surface area contributed by atoms with Crippen molar-refractivity contribution >= 4 is 40.3 Å². The maximum atomic E-state index is 13.6. The Hall–Kier alpha value is -3.16. The molecular weight excluding hydrogens is 448 g/mol. The molecule has 2 heterocycles. The number of aliphatic hydroxyl groups excluding tert-OH is 1. The molecule has 0 spiro atoms. The number of hydrogen-bond acceptors (Lipinski definition) is 6. The summed E-state index contributed by atoms with van der Waals surface area (Å²) in [6, 6.07) is 9.07. The van der Waals surface area contributed by atoms with Gasteiger partial charge < -0.3 is 10.2 Å². The summed E-state index contributed by atoms with van der Waals surface area (Å²) < 4.78 is 0. The number of anilines is 1. The number of ketones is 1. The minimum atomic E-state index is -0.919. The van der Waals surface area contributed by atoms with E-state index in [1.54, 1.807) is 26.0 Å². The Labute approximate surface area is 194 Å². The monoisotopic (exact) mass is 468 g/mol. The molecule has 1 aliphatic rings. The third kappa shape index (κ3) is 3.57. The van der Waals surface area contributed by atoms with Crippen LogP contribution in [0.4, 0.5) is 5.69 Å². The van der Waals surface area contributed by atoms with Crippen LogP contribution in [0, 0.1) is 27.7 Å². The van der Waals surface area contributed by atoms with E-state index in [4.69, 9.17) is 11.6 Å². The zero-order valence-corrected chi connectivity index (χ0v) is 19.5. The second-order valence-corrected chi connectivity index (χ2v) is 9.41. The summed E-state index contributed by atoms with van der Waals surface area (Å²) in [5.74, 6) is -1.86. The maximum Gasteiger partial charge on any atom is 0.294 e. The fraction of sp³-hybridized carbons (Fsp3) is 0.208. The van der Waals surface area contributed by atoms with Crippen molar-refractivity contribution in [3.8, 4) is 5.75 Å². The Kier molecular flexibility index (Phi) is 5.56. The molecule has 4 rings (SSSR count). The summed E-state index contributed by atoms with van der Waals surface area (Å²) >= 11 is 7.37. The van der Waals surface area contributed by atoms with E-state index in [2.05, 4.69) is 4.98 Å². The molecule has 1 unspecified atom stereocenters. The molecule has 8 heteroatoms. The van der Waals surface area contributed by atoms with Crippen LogP contribution in [0.25, 0.3) is 0 Å². The normalized spacial score (nSPS) is 16.2. The van der Waals surface area contributed by atoms with E-state index < -0.39 is 23.5 Å². The van der Waals surface area contributed by atoms with Crippen molar-refractivity contribution in [2.45, 2.75) is 33.7 Å². The van der Waals surface area contributed by atoms with Gasteiger partial charge >= 0.3 is 0 Å². The summed E-state index contributed by atoms with van der Waals surface area (Å²) in [4.78, 5) is 32.9. The molecule has 0 aliphatic carbocycles. The van der Waals surface area contributed by atoms with Crippen molar-refractivity contribution in [2.75, 3.05) is 4.90 Å². The lowest BCUT2D eigenvalue weighted by Crippen LogP contribution is -2.31. The Balaban J connectivity index is 1.93. The largest absolute Gasteiger partial charge is 0.506 e. The van der Waals surface area contributed by atoms with Gasteiger partial charge in [-0.2, -0.15) is 0 Å². The third-order valence-corrected chi connectivity index (χ3v) is 6.99. The predicted molar refractivity (Wildman–Crippen MR) is 125 cm³/mol. The highest BCUT2D eigenvalue weighted by atomic mass is 35.5. The number of aromatic hydroxyl groups is 1. The van der Waals surface area contributed by atoms with Crippen LogP contribution in [0.15, 0.2) is 47.7 Å². The average molecular weight is 469 g/mol. The second-order valence-electron chi connectivity index (χ2n) is 7.80. The van der Waals surface area contributed by atoms with E-state index in [9.17, 15) is 19.8 Å². The number of rotatable bonds is 4. The molecule has 6 nitrogen and oxygen atoms in total. The lowest BCUT2D eigenvalue weighted by Gasteiger charge is -2.27. The number of Topliss-reactive ketones (excluding diaryl/α,β-unsaturated/α-hetero) is 1. The van der Waals surface area contributed by atoms with E-state index in [0.717, 1.165) is 11.1 Å². The molecular formula is C24H21ClN2O4S. The van der Waals surface area contributed by atoms with Gasteiger partial charge in [0.25, 0.3) is 5.91 Å². The van der Waals surface area contributed by atoms with E-state index in [1.165, 1.54) is 28.4 Å². The molecule has 164 valence electrons. The quantitative estimate of drug-likeness (QED) is 0.492. The highest BCUT2D eigenvalue weighted by Crippen LogP contribution is 2.44. The molecule has 0 saturated carbocycles. The molecule has 2 N–H and O–H groups in total. The number of nitrogens with zero attached hydrogens (tertiary/aromatic N) is 2. The molecule has 2 aromatic carbocycles. The molecule has 1 amide bonds. The van der Waals surface area contributed by atoms with Crippen molar-refractivity contribution in [3.05, 3.63) is 85.0 Å². The van der Waals surface area contributed by atoms with Gasteiger partial charge in [0.15, 0.2) is 5.76 Å². The van der Waals surface area contributed by atoms with Crippen LogP contribution in [-0.2, 0) is 4.79 Å². The molecule has 1 aromatic heterocycles. The first-order valence-electron chi connectivity index (χ1n) is 9.91. The first-order valence-corrected chi connectivity index (χ1v) is 11.1. The Bertz CT molecular complexity index is 1310. The predicted octanol–water partition coefficient (Wildman–Crippen LogP) is 5.52. The number of benzene rings is 2. The van der Waals surface area contributed by atoms with Gasteiger partial charge in [0, 0.05) is 5.69 Å². The number of aliphatic hydroxyl groups is 1. The highest BCUT2D eigenvalue weighted by Gasteiger charge is 2.45. The molecule has 0 saturated heterocycles. The van der Waals surface area contributed by atoms with Gasteiger partial charge in [-0.25, -0.2) is 4.98 Å². The topological polar surface area (TPSA) is 90.7 Å². The smallest absolute Gasteiger partial charge is 0.294 e. The van der Waals surface area contributed by atoms with Gasteiger partial charge in [-0.3, -0.25) is 14.5 Å². The van der Waals surface area contributed by atoms with Crippen LogP contribution < -0.4 is 4.90 Å². The second kappa shape index (κ2) is 8.07. The fourth-order valence-corrected chi connectivity index (χ4v) is 4.91. The number of carbonyl (C=O) groups is 2. The zero-order valence-electron chi connectivity index (χ0n) is 17.9. The van der Waals surface area contributed by atoms with Gasteiger partial charge in [0.05, 0.1) is 32.2 Å². The molecule has 0 radical (unpaired) electrons. The van der Waals surface area contributed by atoms with Crippen molar-refractivity contribution in [2.24, 2.45) is 0 Å². The molecule has 32 heavy (non-hydrogen) atoms. The minimum absolute atomic E-state index is 0.0401. The molecule has 3 aromatic rings. The fourth-order valence-electron chi connectivity index (χ4n) is 3.85. The van der Waals surface area contributed by atoms with Crippen LogP contribution in [-0.4, -0.2) is 26.9 Å². The molecule has 1 aliphatic heterocycles. The van der Waals surface area contributed by atoms with Crippen molar-refractivity contribution in [1.29, 1.82) is 0 Å². The summed E-state index contributed by atoms with van der Waals surface area (Å²) in [5, 5.41) is 21.5. The number of thiazole rings is 1. The van der Waals surface area contributed by atoms with Crippen molar-refractivity contribution in [1.82, 2.24) is 4.98 Å². The summed E-state index contributed by atoms with van der Waals surface area (Å²) in [6.07, 6.45) is 0. The van der Waals surface area contributed by atoms with Gasteiger partial charge in [0.1, 0.15) is 5.75 Å². The number of aromatic nitrogens is 1. The van der Waals surface area contributed by atoms with Crippen LogP contribution in [0.1, 0.15) is 43.1 Å². The first kappa shape index (κ1) is 22.0. The molecule has 0 fully saturated rings. The van der Waals surface area contributed by atoms with Crippen LogP contribution in [0.3, 0.4) is 0 Å². The standard InChI is InChI=1S/C24H21ClN2O4S/c1-11-5-7-16(9-12(11)2)27-20(15-6-8-18(28)17(25)10-15)19(22(30)24(27)31)21(29)23-13(3)26-14(4)32-23/h5-10,20,28,30H,1-4H3. The van der Waals surface area contributed by atoms with E-state index in [-0.39, 0.29) is 16.3 Å². The van der Waals surface area contributed by atoms with Crippen LogP contribution in [0.5, 0.6) is 5.75 Å². The summed E-state index contributed by atoms with van der Waals surface area (Å²) in [7, 11) is 0. The lowest BCUT2D eigenvalue weighted by atomic mass is 9.94. The lowest BCUT2D eigenvalue weighted by molar-refractivity contribution is -0.117. The maximum absolute atomic E-state index is 13.6. The minimum Gasteiger partial charge on any atom is -0.506 e. The van der Waals surface area contributed by atoms with Gasteiger partial charge in [-0.1, -0.05) is 23.7 Å². The third-order valence-electron chi connectivity index (χ3n) is 5.62. The molecule has 1 atom stereocenters. The number of carbonyl (C=O) groups excluding carboxylic acids is 2. The van der Waals surface area contributed by atoms with Crippen molar-refractivity contribution in [3.63, 3.8) is 0 Å². The summed E-state index contributed by atoms with van der Waals surface area (Å²) in [6.45, 7) is 7.40. The first-order chi connectivity index (χ1) is 15.1. The number of halogens is 1. The van der Waals surface area contributed by atoms with Gasteiger partial charge in [-0.15, -0.1) is 11.3 Å². The Morgan fingerprint density at radius 1 is 1.06 bits per heavy atom.